The zero-order chi connectivity index (χ0) is 12.3. The molecule has 2 rings (SSSR count). The smallest absolute Gasteiger partial charge is 0.143 e. The van der Waals surface area contributed by atoms with Gasteiger partial charge in [0.1, 0.15) is 11.6 Å². The Hall–Kier alpha value is -1.16. The van der Waals surface area contributed by atoms with Crippen LogP contribution in [-0.4, -0.2) is 9.97 Å². The first-order chi connectivity index (χ1) is 8.22. The Balaban J connectivity index is 2.19. The molecule has 1 aliphatic carbocycles. The fraction of sp³-hybridized carbons (Fsp3) is 0.692. The highest BCUT2D eigenvalue weighted by Crippen LogP contribution is 2.34. The third-order valence-electron chi connectivity index (χ3n) is 3.69. The van der Waals surface area contributed by atoms with Crippen LogP contribution in [0.1, 0.15) is 57.0 Å². The van der Waals surface area contributed by atoms with Crippen molar-refractivity contribution in [1.29, 1.82) is 0 Å². The van der Waals surface area contributed by atoms with Crippen molar-refractivity contribution < 1.29 is 0 Å². The standard InChI is InChI=1S/C13H22N4/c1-3-11-8-12(17-14)16-13(15-11)10-6-4-9(2)5-7-10/h8-10H,3-7,14H2,1-2H3,(H,15,16,17). The van der Waals surface area contributed by atoms with Crippen LogP contribution in [0.25, 0.3) is 0 Å². The van der Waals surface area contributed by atoms with Gasteiger partial charge in [0.2, 0.25) is 0 Å². The molecular formula is C13H22N4. The van der Waals surface area contributed by atoms with E-state index in [9.17, 15) is 0 Å². The fourth-order valence-electron chi connectivity index (χ4n) is 2.47. The minimum Gasteiger partial charge on any atom is -0.308 e. The number of nitrogens with two attached hydrogens (primary N) is 1. The lowest BCUT2D eigenvalue weighted by Gasteiger charge is -2.25. The Morgan fingerprint density at radius 1 is 1.29 bits per heavy atom. The van der Waals surface area contributed by atoms with Crippen molar-refractivity contribution in [3.63, 3.8) is 0 Å². The van der Waals surface area contributed by atoms with E-state index in [4.69, 9.17) is 5.84 Å². The highest BCUT2D eigenvalue weighted by molar-refractivity contribution is 5.35. The summed E-state index contributed by atoms with van der Waals surface area (Å²) < 4.78 is 0. The average molecular weight is 234 g/mol. The third-order valence-corrected chi connectivity index (χ3v) is 3.69. The maximum atomic E-state index is 5.45. The number of rotatable bonds is 3. The van der Waals surface area contributed by atoms with Gasteiger partial charge in [-0.3, -0.25) is 0 Å². The van der Waals surface area contributed by atoms with Crippen molar-refractivity contribution in [2.24, 2.45) is 11.8 Å². The summed E-state index contributed by atoms with van der Waals surface area (Å²) in [5.74, 6) is 8.54. The molecule has 0 unspecified atom stereocenters. The minimum atomic E-state index is 0.518. The van der Waals surface area contributed by atoms with Gasteiger partial charge in [0.15, 0.2) is 0 Å². The molecule has 0 spiro atoms. The predicted molar refractivity (Wildman–Crippen MR) is 69.6 cm³/mol. The molecule has 0 saturated heterocycles. The van der Waals surface area contributed by atoms with Gasteiger partial charge in [-0.2, -0.15) is 0 Å². The Bertz CT molecular complexity index is 347. The molecule has 1 aliphatic rings. The van der Waals surface area contributed by atoms with Crippen molar-refractivity contribution in [2.75, 3.05) is 5.43 Å². The number of nitrogen functional groups attached to an aromatic ring is 1. The molecule has 0 aliphatic heterocycles. The van der Waals surface area contributed by atoms with Crippen LogP contribution in [0, 0.1) is 5.92 Å². The molecule has 3 N–H and O–H groups in total. The second-order valence-electron chi connectivity index (χ2n) is 5.06. The van der Waals surface area contributed by atoms with Crippen molar-refractivity contribution in [1.82, 2.24) is 9.97 Å². The lowest BCUT2D eigenvalue weighted by Crippen LogP contribution is -2.16. The number of hydrogen-bond acceptors (Lipinski definition) is 4. The largest absolute Gasteiger partial charge is 0.308 e. The van der Waals surface area contributed by atoms with Gasteiger partial charge in [0, 0.05) is 17.7 Å². The van der Waals surface area contributed by atoms with Gasteiger partial charge in [-0.15, -0.1) is 0 Å². The van der Waals surface area contributed by atoms with E-state index in [1.165, 1.54) is 25.7 Å². The van der Waals surface area contributed by atoms with Gasteiger partial charge < -0.3 is 5.43 Å². The van der Waals surface area contributed by atoms with Crippen LogP contribution in [0.5, 0.6) is 0 Å². The summed E-state index contributed by atoms with van der Waals surface area (Å²) in [4.78, 5) is 9.14. The summed E-state index contributed by atoms with van der Waals surface area (Å²) in [7, 11) is 0. The molecule has 94 valence electrons. The molecule has 1 fully saturated rings. The summed E-state index contributed by atoms with van der Waals surface area (Å²) in [5.41, 5.74) is 3.71. The lowest BCUT2D eigenvalue weighted by molar-refractivity contribution is 0.339. The fourth-order valence-corrected chi connectivity index (χ4v) is 2.47. The average Bonchev–Trinajstić information content (AvgIpc) is 2.39. The Kier molecular flexibility index (Phi) is 3.94. The second kappa shape index (κ2) is 5.45. The molecule has 0 atom stereocenters. The number of aryl methyl sites for hydroxylation is 1. The first-order valence-corrected chi connectivity index (χ1v) is 6.57. The Morgan fingerprint density at radius 2 is 2.00 bits per heavy atom. The molecule has 1 saturated carbocycles. The lowest BCUT2D eigenvalue weighted by atomic mass is 9.82. The van der Waals surface area contributed by atoms with E-state index in [0.717, 1.165) is 29.7 Å². The third kappa shape index (κ3) is 2.94. The van der Waals surface area contributed by atoms with Crippen molar-refractivity contribution in [2.45, 2.75) is 51.9 Å². The molecule has 0 amide bonds. The quantitative estimate of drug-likeness (QED) is 0.623. The van der Waals surface area contributed by atoms with E-state index in [-0.39, 0.29) is 0 Å². The Morgan fingerprint density at radius 3 is 2.59 bits per heavy atom. The van der Waals surface area contributed by atoms with Gasteiger partial charge in [0.05, 0.1) is 0 Å². The molecule has 4 heteroatoms. The van der Waals surface area contributed by atoms with Gasteiger partial charge in [0.25, 0.3) is 0 Å². The maximum absolute atomic E-state index is 5.45. The molecule has 1 heterocycles. The highest BCUT2D eigenvalue weighted by Gasteiger charge is 2.22. The molecule has 0 aromatic carbocycles. The van der Waals surface area contributed by atoms with E-state index in [2.05, 4.69) is 29.2 Å². The summed E-state index contributed by atoms with van der Waals surface area (Å²) in [6.45, 7) is 4.43. The number of anilines is 1. The predicted octanol–water partition coefficient (Wildman–Crippen LogP) is 2.62. The summed E-state index contributed by atoms with van der Waals surface area (Å²) in [6, 6.07) is 1.93. The van der Waals surface area contributed by atoms with E-state index >= 15 is 0 Å². The normalized spacial score (nSPS) is 24.6. The van der Waals surface area contributed by atoms with E-state index in [1.807, 2.05) is 6.07 Å². The monoisotopic (exact) mass is 234 g/mol. The van der Waals surface area contributed by atoms with Crippen LogP contribution in [0.15, 0.2) is 6.07 Å². The second-order valence-corrected chi connectivity index (χ2v) is 5.06. The van der Waals surface area contributed by atoms with Gasteiger partial charge in [-0.1, -0.05) is 26.7 Å². The SMILES string of the molecule is CCc1cc(NN)nc(C2CCC(C)CC2)n1. The molecule has 1 aromatic heterocycles. The molecule has 0 bridgehead atoms. The maximum Gasteiger partial charge on any atom is 0.143 e. The highest BCUT2D eigenvalue weighted by atomic mass is 15.3. The van der Waals surface area contributed by atoms with Crippen molar-refractivity contribution in [3.05, 3.63) is 17.6 Å². The molecule has 4 nitrogen and oxygen atoms in total. The summed E-state index contributed by atoms with van der Waals surface area (Å²) in [5, 5.41) is 0. The first-order valence-electron chi connectivity index (χ1n) is 6.57. The minimum absolute atomic E-state index is 0.518. The molecule has 0 radical (unpaired) electrons. The van der Waals surface area contributed by atoms with E-state index in [0.29, 0.717) is 5.92 Å². The van der Waals surface area contributed by atoms with Crippen LogP contribution in [0.3, 0.4) is 0 Å². The van der Waals surface area contributed by atoms with Crippen molar-refractivity contribution in [3.8, 4) is 0 Å². The number of nitrogens with one attached hydrogen (secondary N) is 1. The molecule has 1 aromatic rings. The Labute approximate surface area is 103 Å². The van der Waals surface area contributed by atoms with Crippen LogP contribution >= 0.6 is 0 Å². The number of hydrazine groups is 1. The van der Waals surface area contributed by atoms with Crippen LogP contribution in [-0.2, 0) is 6.42 Å². The van der Waals surface area contributed by atoms with E-state index in [1.54, 1.807) is 0 Å². The summed E-state index contributed by atoms with van der Waals surface area (Å²) in [6.07, 6.45) is 5.91. The van der Waals surface area contributed by atoms with Gasteiger partial charge in [-0.05, 0) is 25.2 Å². The molecule has 17 heavy (non-hydrogen) atoms. The number of hydrogen-bond donors (Lipinski definition) is 2. The van der Waals surface area contributed by atoms with Crippen LogP contribution in [0.4, 0.5) is 5.82 Å². The van der Waals surface area contributed by atoms with Crippen LogP contribution < -0.4 is 11.3 Å². The number of nitrogens with zero attached hydrogens (tertiary/aromatic N) is 2. The first kappa shape index (κ1) is 12.3. The van der Waals surface area contributed by atoms with Gasteiger partial charge in [-0.25, -0.2) is 15.8 Å². The van der Waals surface area contributed by atoms with E-state index < -0.39 is 0 Å². The number of aromatic nitrogens is 2. The van der Waals surface area contributed by atoms with Crippen LogP contribution in [0.2, 0.25) is 0 Å². The molecular weight excluding hydrogens is 212 g/mol. The zero-order valence-corrected chi connectivity index (χ0v) is 10.7. The topological polar surface area (TPSA) is 63.8 Å². The summed E-state index contributed by atoms with van der Waals surface area (Å²) >= 11 is 0. The van der Waals surface area contributed by atoms with Gasteiger partial charge >= 0.3 is 0 Å². The zero-order valence-electron chi connectivity index (χ0n) is 10.7. The van der Waals surface area contributed by atoms with Crippen molar-refractivity contribution >= 4 is 5.82 Å².